The predicted octanol–water partition coefficient (Wildman–Crippen LogP) is 0.117. The van der Waals surface area contributed by atoms with Gasteiger partial charge in [-0.25, -0.2) is 0 Å². The first-order valence-electron chi connectivity index (χ1n) is 3.87. The van der Waals surface area contributed by atoms with Crippen LogP contribution in [0.1, 0.15) is 5.56 Å². The first-order valence-corrected chi connectivity index (χ1v) is 3.87. The van der Waals surface area contributed by atoms with Crippen molar-refractivity contribution in [2.45, 2.75) is 6.92 Å². The summed E-state index contributed by atoms with van der Waals surface area (Å²) >= 11 is 0. The van der Waals surface area contributed by atoms with Crippen LogP contribution in [0.2, 0.25) is 0 Å². The summed E-state index contributed by atoms with van der Waals surface area (Å²) in [5, 5.41) is 5.82. The Morgan fingerprint density at radius 1 is 1.27 bits per heavy atom. The molecule has 0 aliphatic carbocycles. The van der Waals surface area contributed by atoms with Crippen molar-refractivity contribution in [3.8, 4) is 0 Å². The zero-order valence-electron chi connectivity index (χ0n) is 6.59. The van der Waals surface area contributed by atoms with Gasteiger partial charge in [-0.2, -0.15) is 0 Å². The van der Waals surface area contributed by atoms with Crippen LogP contribution in [-0.2, 0) is 0 Å². The minimum atomic E-state index is 0.955. The van der Waals surface area contributed by atoms with Gasteiger partial charge in [0.05, 0.1) is 0 Å². The number of aryl methyl sites for hydroxylation is 1. The van der Waals surface area contributed by atoms with Crippen LogP contribution in [0.4, 0.5) is 0 Å². The molecule has 0 radical (unpaired) electrons. The van der Waals surface area contributed by atoms with Crippen LogP contribution in [0, 0.1) is 6.92 Å². The van der Waals surface area contributed by atoms with E-state index >= 15 is 0 Å². The van der Waals surface area contributed by atoms with E-state index < -0.39 is 0 Å². The summed E-state index contributed by atoms with van der Waals surface area (Å²) in [6.07, 6.45) is 4.27. The van der Waals surface area contributed by atoms with Crippen molar-refractivity contribution in [3.05, 3.63) is 34.2 Å². The molecule has 0 spiro atoms. The molecule has 1 nitrogen and oxygen atoms in total. The van der Waals surface area contributed by atoms with Gasteiger partial charge in [0.25, 0.3) is 0 Å². The van der Waals surface area contributed by atoms with Crippen LogP contribution in [-0.4, -0.2) is 6.54 Å². The van der Waals surface area contributed by atoms with Gasteiger partial charge in [-0.1, -0.05) is 29.8 Å². The lowest BCUT2D eigenvalue weighted by atomic mass is 10.1. The number of benzene rings is 1. The van der Waals surface area contributed by atoms with E-state index in [1.807, 2.05) is 0 Å². The fraction of sp³-hybridized carbons (Fsp3) is 0.200. The van der Waals surface area contributed by atoms with Crippen LogP contribution >= 0.6 is 0 Å². The molecule has 1 N–H and O–H groups in total. The molecule has 0 saturated heterocycles. The average Bonchev–Trinajstić information content (AvgIpc) is 2.04. The summed E-state index contributed by atoms with van der Waals surface area (Å²) in [7, 11) is 0. The molecule has 56 valence electrons. The largest absolute Gasteiger partial charge is 0.387 e. The fourth-order valence-corrected chi connectivity index (χ4v) is 1.34. The third kappa shape index (κ3) is 1.14. The topological polar surface area (TPSA) is 12.0 Å². The first-order chi connectivity index (χ1) is 5.36. The molecular weight excluding hydrogens is 134 g/mol. The molecule has 0 unspecified atom stereocenters. The van der Waals surface area contributed by atoms with Crippen molar-refractivity contribution in [1.29, 1.82) is 0 Å². The smallest absolute Gasteiger partial charge is 0.0334 e. The molecule has 0 amide bonds. The van der Waals surface area contributed by atoms with Gasteiger partial charge < -0.3 is 5.32 Å². The molecule has 1 aliphatic rings. The normalized spacial score (nSPS) is 13.9. The van der Waals surface area contributed by atoms with E-state index in [2.05, 4.69) is 42.7 Å². The number of rotatable bonds is 0. The Labute approximate surface area is 66.1 Å². The molecule has 1 aromatic rings. The van der Waals surface area contributed by atoms with Gasteiger partial charge in [0.2, 0.25) is 0 Å². The highest BCUT2D eigenvalue weighted by Gasteiger charge is 1.90. The standard InChI is InChI=1S/C10H11N/c1-8-2-3-10-7-11-5-4-9(10)6-8/h2-4,6-7,11H,5H2,1H3. The second-order valence-electron chi connectivity index (χ2n) is 2.89. The van der Waals surface area contributed by atoms with Crippen molar-refractivity contribution in [2.24, 2.45) is 0 Å². The maximum Gasteiger partial charge on any atom is 0.0334 e. The molecule has 0 atom stereocenters. The molecule has 1 heterocycles. The first kappa shape index (κ1) is 6.47. The summed E-state index contributed by atoms with van der Waals surface area (Å²) in [6.45, 7) is 3.08. The molecule has 1 heteroatoms. The Bertz CT molecular complexity index is 376. The van der Waals surface area contributed by atoms with Crippen LogP contribution in [0.5, 0.6) is 0 Å². The third-order valence-corrected chi connectivity index (χ3v) is 1.94. The Morgan fingerprint density at radius 3 is 3.09 bits per heavy atom. The van der Waals surface area contributed by atoms with E-state index in [1.165, 1.54) is 16.0 Å². The second-order valence-corrected chi connectivity index (χ2v) is 2.89. The number of hydrogen-bond donors (Lipinski definition) is 1. The molecule has 0 fully saturated rings. The second kappa shape index (κ2) is 2.42. The minimum absolute atomic E-state index is 0.955. The molecule has 0 saturated carbocycles. The number of hydrogen-bond acceptors (Lipinski definition) is 1. The van der Waals surface area contributed by atoms with E-state index in [4.69, 9.17) is 0 Å². The van der Waals surface area contributed by atoms with Crippen molar-refractivity contribution in [1.82, 2.24) is 5.32 Å². The lowest BCUT2D eigenvalue weighted by molar-refractivity contribution is 1.05. The van der Waals surface area contributed by atoms with Crippen molar-refractivity contribution in [2.75, 3.05) is 6.54 Å². The van der Waals surface area contributed by atoms with Crippen molar-refractivity contribution >= 4 is 12.3 Å². The van der Waals surface area contributed by atoms with Gasteiger partial charge in [0.15, 0.2) is 0 Å². The summed E-state index contributed by atoms with van der Waals surface area (Å²) in [5.74, 6) is 0. The van der Waals surface area contributed by atoms with Crippen molar-refractivity contribution < 1.29 is 0 Å². The molecule has 0 bridgehead atoms. The number of fused-ring (bicyclic) bond motifs is 1. The summed E-state index contributed by atoms with van der Waals surface area (Å²) in [5.41, 5.74) is 1.33. The highest BCUT2D eigenvalue weighted by molar-refractivity contribution is 5.39. The van der Waals surface area contributed by atoms with Crippen molar-refractivity contribution in [3.63, 3.8) is 0 Å². The van der Waals surface area contributed by atoms with E-state index in [-0.39, 0.29) is 0 Å². The van der Waals surface area contributed by atoms with E-state index in [0.717, 1.165) is 6.54 Å². The lowest BCUT2D eigenvalue weighted by Gasteiger charge is -2.02. The van der Waals surface area contributed by atoms with E-state index in [9.17, 15) is 0 Å². The van der Waals surface area contributed by atoms with E-state index in [0.29, 0.717) is 0 Å². The van der Waals surface area contributed by atoms with Gasteiger partial charge in [-0.15, -0.1) is 0 Å². The Kier molecular flexibility index (Phi) is 1.42. The monoisotopic (exact) mass is 145 g/mol. The lowest BCUT2D eigenvalue weighted by Crippen LogP contribution is -2.32. The SMILES string of the molecule is Cc1ccc2c(c1)=CCNC=2. The average molecular weight is 145 g/mol. The molecule has 11 heavy (non-hydrogen) atoms. The maximum absolute atomic E-state index is 3.18. The van der Waals surface area contributed by atoms with Gasteiger partial charge in [-0.3, -0.25) is 0 Å². The van der Waals surface area contributed by atoms with Gasteiger partial charge >= 0.3 is 0 Å². The molecule has 2 rings (SSSR count). The summed E-state index contributed by atoms with van der Waals surface area (Å²) in [4.78, 5) is 0. The minimum Gasteiger partial charge on any atom is -0.387 e. The quantitative estimate of drug-likeness (QED) is 0.546. The zero-order valence-corrected chi connectivity index (χ0v) is 6.59. The van der Waals surface area contributed by atoms with Gasteiger partial charge in [0, 0.05) is 12.7 Å². The van der Waals surface area contributed by atoms with Crippen LogP contribution in [0.3, 0.4) is 0 Å². The molecule has 1 aliphatic heterocycles. The van der Waals surface area contributed by atoms with Gasteiger partial charge in [0.1, 0.15) is 0 Å². The molecular formula is C10H11N. The Balaban J connectivity index is 2.80. The van der Waals surface area contributed by atoms with Crippen LogP contribution < -0.4 is 15.8 Å². The highest BCUT2D eigenvalue weighted by Crippen LogP contribution is 1.86. The van der Waals surface area contributed by atoms with E-state index in [1.54, 1.807) is 0 Å². The van der Waals surface area contributed by atoms with Crippen LogP contribution in [0.25, 0.3) is 12.3 Å². The Hall–Kier alpha value is -1.24. The van der Waals surface area contributed by atoms with Crippen LogP contribution in [0.15, 0.2) is 18.2 Å². The number of nitrogens with one attached hydrogen (secondary N) is 1. The zero-order chi connectivity index (χ0) is 7.68. The summed E-state index contributed by atoms with van der Waals surface area (Å²) in [6, 6.07) is 6.50. The molecule has 1 aromatic carbocycles. The summed E-state index contributed by atoms with van der Waals surface area (Å²) < 4.78 is 0. The highest BCUT2D eigenvalue weighted by atomic mass is 14.8. The maximum atomic E-state index is 3.18. The van der Waals surface area contributed by atoms with Gasteiger partial charge in [-0.05, 0) is 17.4 Å². The predicted molar refractivity (Wildman–Crippen MR) is 47.4 cm³/mol. The molecule has 0 aromatic heterocycles. The Morgan fingerprint density at radius 2 is 2.18 bits per heavy atom. The third-order valence-electron chi connectivity index (χ3n) is 1.94. The fourth-order valence-electron chi connectivity index (χ4n) is 1.34.